The zero-order valence-electron chi connectivity index (χ0n) is 14.6. The number of carboxylic acid groups (broad SMARTS) is 1. The summed E-state index contributed by atoms with van der Waals surface area (Å²) in [7, 11) is 0. The number of thioether (sulfide) groups is 1. The Kier molecular flexibility index (Phi) is 6.93. The standard InChI is InChI=1S/C19H25NO4S/c1-3-4-10-15(19(23)24)20-16(11-13-8-6-5-7-9-13)14(12-25-2)17(21)18(20)22/h5-9,15-16,21H,3-4,10-12H2,1-2H3,(H,23,24). The Morgan fingerprint density at radius 2 is 2.00 bits per heavy atom. The molecule has 1 aromatic carbocycles. The van der Waals surface area contributed by atoms with Gasteiger partial charge in [0.25, 0.3) is 5.91 Å². The summed E-state index contributed by atoms with van der Waals surface area (Å²) in [5.41, 5.74) is 1.64. The molecular weight excluding hydrogens is 338 g/mol. The fourth-order valence-electron chi connectivity index (χ4n) is 3.24. The van der Waals surface area contributed by atoms with Gasteiger partial charge in [-0.05, 0) is 24.7 Å². The number of unbranched alkanes of at least 4 members (excludes halogenated alkanes) is 1. The summed E-state index contributed by atoms with van der Waals surface area (Å²) in [4.78, 5) is 25.8. The second kappa shape index (κ2) is 8.94. The van der Waals surface area contributed by atoms with Crippen LogP contribution in [0, 0.1) is 0 Å². The highest BCUT2D eigenvalue weighted by Crippen LogP contribution is 2.32. The number of amides is 1. The molecule has 0 aromatic heterocycles. The van der Waals surface area contributed by atoms with E-state index in [1.807, 2.05) is 43.5 Å². The lowest BCUT2D eigenvalue weighted by molar-refractivity contribution is -0.150. The number of aliphatic carboxylic acids is 1. The molecule has 0 saturated heterocycles. The summed E-state index contributed by atoms with van der Waals surface area (Å²) in [6.07, 6.45) is 4.37. The third-order valence-electron chi connectivity index (χ3n) is 4.50. The molecule has 6 heteroatoms. The van der Waals surface area contributed by atoms with Gasteiger partial charge < -0.3 is 15.1 Å². The highest BCUT2D eigenvalue weighted by Gasteiger charge is 2.44. The number of benzene rings is 1. The second-order valence-electron chi connectivity index (χ2n) is 6.22. The molecule has 2 rings (SSSR count). The number of carboxylic acids is 1. The van der Waals surface area contributed by atoms with Crippen LogP contribution in [0.3, 0.4) is 0 Å². The van der Waals surface area contributed by atoms with Gasteiger partial charge in [0.1, 0.15) is 6.04 Å². The van der Waals surface area contributed by atoms with Gasteiger partial charge in [-0.2, -0.15) is 11.8 Å². The molecule has 136 valence electrons. The van der Waals surface area contributed by atoms with Crippen molar-refractivity contribution >= 4 is 23.6 Å². The summed E-state index contributed by atoms with van der Waals surface area (Å²) < 4.78 is 0. The second-order valence-corrected chi connectivity index (χ2v) is 7.09. The lowest BCUT2D eigenvalue weighted by Crippen LogP contribution is -2.49. The van der Waals surface area contributed by atoms with Gasteiger partial charge in [-0.1, -0.05) is 50.1 Å². The van der Waals surface area contributed by atoms with Crippen LogP contribution in [-0.2, 0) is 16.0 Å². The van der Waals surface area contributed by atoms with Crippen molar-refractivity contribution in [3.63, 3.8) is 0 Å². The average molecular weight is 363 g/mol. The number of aliphatic hydroxyl groups is 1. The molecule has 5 nitrogen and oxygen atoms in total. The minimum Gasteiger partial charge on any atom is -0.503 e. The Bertz CT molecular complexity index is 644. The smallest absolute Gasteiger partial charge is 0.326 e. The number of hydrogen-bond donors (Lipinski definition) is 2. The number of rotatable bonds is 9. The molecule has 0 bridgehead atoms. The number of carbonyl (C=O) groups excluding carboxylic acids is 1. The van der Waals surface area contributed by atoms with E-state index in [4.69, 9.17) is 0 Å². The fraction of sp³-hybridized carbons (Fsp3) is 0.474. The third-order valence-corrected chi connectivity index (χ3v) is 5.10. The summed E-state index contributed by atoms with van der Waals surface area (Å²) >= 11 is 1.51. The van der Waals surface area contributed by atoms with E-state index in [0.717, 1.165) is 18.4 Å². The van der Waals surface area contributed by atoms with E-state index >= 15 is 0 Å². The van der Waals surface area contributed by atoms with Gasteiger partial charge in [-0.3, -0.25) is 4.79 Å². The quantitative estimate of drug-likeness (QED) is 0.704. The summed E-state index contributed by atoms with van der Waals surface area (Å²) in [5.74, 6) is -1.35. The normalized spacial score (nSPS) is 18.7. The van der Waals surface area contributed by atoms with E-state index in [9.17, 15) is 19.8 Å². The van der Waals surface area contributed by atoms with E-state index in [1.54, 1.807) is 0 Å². The molecule has 1 aliphatic rings. The molecule has 1 aromatic rings. The maximum absolute atomic E-state index is 12.6. The molecule has 0 saturated carbocycles. The van der Waals surface area contributed by atoms with Crippen LogP contribution < -0.4 is 0 Å². The first kappa shape index (κ1) is 19.4. The van der Waals surface area contributed by atoms with E-state index < -0.39 is 24.0 Å². The molecule has 0 aliphatic carbocycles. The van der Waals surface area contributed by atoms with E-state index in [2.05, 4.69) is 0 Å². The van der Waals surface area contributed by atoms with Crippen LogP contribution in [0.15, 0.2) is 41.7 Å². The van der Waals surface area contributed by atoms with Crippen molar-refractivity contribution in [1.82, 2.24) is 4.90 Å². The molecule has 1 aliphatic heterocycles. The van der Waals surface area contributed by atoms with E-state index in [-0.39, 0.29) is 5.76 Å². The first-order valence-corrected chi connectivity index (χ1v) is 9.90. The zero-order chi connectivity index (χ0) is 18.4. The highest BCUT2D eigenvalue weighted by molar-refractivity contribution is 7.98. The first-order valence-electron chi connectivity index (χ1n) is 8.51. The van der Waals surface area contributed by atoms with Crippen molar-refractivity contribution in [2.45, 2.75) is 44.7 Å². The Hall–Kier alpha value is -1.95. The zero-order valence-corrected chi connectivity index (χ0v) is 15.5. The largest absolute Gasteiger partial charge is 0.503 e. The SMILES string of the molecule is CCCCC(C(=O)O)N1C(=O)C(O)=C(CSC)C1Cc1ccccc1. The van der Waals surface area contributed by atoms with Crippen LogP contribution in [-0.4, -0.2) is 51.1 Å². The molecule has 0 fully saturated rings. The van der Waals surface area contributed by atoms with Crippen molar-refractivity contribution in [2.24, 2.45) is 0 Å². The first-order chi connectivity index (χ1) is 12.0. The average Bonchev–Trinajstić information content (AvgIpc) is 2.82. The Labute approximate surface area is 152 Å². The molecule has 25 heavy (non-hydrogen) atoms. The number of carbonyl (C=O) groups is 2. The van der Waals surface area contributed by atoms with Crippen LogP contribution in [0.2, 0.25) is 0 Å². The lowest BCUT2D eigenvalue weighted by atomic mass is 9.98. The van der Waals surface area contributed by atoms with Gasteiger partial charge in [0, 0.05) is 11.3 Å². The molecule has 2 atom stereocenters. The molecule has 1 amide bonds. The Morgan fingerprint density at radius 1 is 1.32 bits per heavy atom. The maximum Gasteiger partial charge on any atom is 0.326 e. The van der Waals surface area contributed by atoms with Crippen molar-refractivity contribution < 1.29 is 19.8 Å². The summed E-state index contributed by atoms with van der Waals surface area (Å²) in [6, 6.07) is 8.33. The highest BCUT2D eigenvalue weighted by atomic mass is 32.2. The van der Waals surface area contributed by atoms with E-state index in [0.29, 0.717) is 24.2 Å². The Balaban J connectivity index is 2.37. The van der Waals surface area contributed by atoms with Gasteiger partial charge in [0.05, 0.1) is 6.04 Å². The van der Waals surface area contributed by atoms with Crippen LogP contribution in [0.4, 0.5) is 0 Å². The van der Waals surface area contributed by atoms with Crippen molar-refractivity contribution in [1.29, 1.82) is 0 Å². The van der Waals surface area contributed by atoms with Crippen LogP contribution in [0.25, 0.3) is 0 Å². The number of hydrogen-bond acceptors (Lipinski definition) is 4. The number of nitrogens with zero attached hydrogens (tertiary/aromatic N) is 1. The molecule has 1 heterocycles. The fourth-order valence-corrected chi connectivity index (χ4v) is 3.88. The predicted molar refractivity (Wildman–Crippen MR) is 99.8 cm³/mol. The number of aliphatic hydroxyl groups excluding tert-OH is 1. The molecule has 0 radical (unpaired) electrons. The minimum absolute atomic E-state index is 0.280. The molecule has 0 spiro atoms. The maximum atomic E-state index is 12.6. The van der Waals surface area contributed by atoms with E-state index in [1.165, 1.54) is 16.7 Å². The molecular formula is C19H25NO4S. The topological polar surface area (TPSA) is 77.8 Å². The van der Waals surface area contributed by atoms with Crippen LogP contribution in [0.1, 0.15) is 31.7 Å². The van der Waals surface area contributed by atoms with Crippen molar-refractivity contribution in [2.75, 3.05) is 12.0 Å². The van der Waals surface area contributed by atoms with Gasteiger partial charge in [-0.25, -0.2) is 4.79 Å². The van der Waals surface area contributed by atoms with Crippen molar-refractivity contribution in [3.05, 3.63) is 47.2 Å². The lowest BCUT2D eigenvalue weighted by Gasteiger charge is -2.32. The monoisotopic (exact) mass is 363 g/mol. The minimum atomic E-state index is -1.02. The van der Waals surface area contributed by atoms with Crippen molar-refractivity contribution in [3.8, 4) is 0 Å². The predicted octanol–water partition coefficient (Wildman–Crippen LogP) is 3.26. The van der Waals surface area contributed by atoms with Gasteiger partial charge in [0.15, 0.2) is 5.76 Å². The van der Waals surface area contributed by atoms with Gasteiger partial charge in [-0.15, -0.1) is 0 Å². The summed E-state index contributed by atoms with van der Waals surface area (Å²) in [5, 5.41) is 20.0. The van der Waals surface area contributed by atoms with Gasteiger partial charge >= 0.3 is 5.97 Å². The molecule has 2 unspecified atom stereocenters. The van der Waals surface area contributed by atoms with Crippen LogP contribution in [0.5, 0.6) is 0 Å². The molecule has 2 N–H and O–H groups in total. The Morgan fingerprint density at radius 3 is 2.56 bits per heavy atom. The third kappa shape index (κ3) is 4.37. The van der Waals surface area contributed by atoms with Crippen LogP contribution >= 0.6 is 11.8 Å². The summed E-state index contributed by atoms with van der Waals surface area (Å²) in [6.45, 7) is 1.99. The van der Waals surface area contributed by atoms with Gasteiger partial charge in [0.2, 0.25) is 0 Å².